The maximum Gasteiger partial charge on any atom is 0.169 e. The van der Waals surface area contributed by atoms with E-state index in [0.717, 1.165) is 12.1 Å². The SMILES string of the molecule is O=C(c1cnn(-c2ccccc2)c1)C1CC2CCCC(C1)S2(=O)=O. The van der Waals surface area contributed by atoms with Gasteiger partial charge in [-0.3, -0.25) is 4.79 Å². The number of rotatable bonds is 3. The first-order valence-corrected chi connectivity index (χ1v) is 10.0. The van der Waals surface area contributed by atoms with E-state index in [9.17, 15) is 13.2 Å². The average Bonchev–Trinajstić information content (AvgIpc) is 3.04. The third-order valence-electron chi connectivity index (χ3n) is 5.33. The van der Waals surface area contributed by atoms with E-state index in [1.54, 1.807) is 17.1 Å². The number of carbonyl (C=O) groups excluding carboxylic acids is 1. The molecule has 0 aliphatic carbocycles. The van der Waals surface area contributed by atoms with E-state index in [4.69, 9.17) is 0 Å². The molecular weight excluding hydrogens is 324 g/mol. The van der Waals surface area contributed by atoms with Gasteiger partial charge >= 0.3 is 0 Å². The van der Waals surface area contributed by atoms with Crippen LogP contribution >= 0.6 is 0 Å². The highest BCUT2D eigenvalue weighted by molar-refractivity contribution is 7.92. The monoisotopic (exact) mass is 344 g/mol. The minimum Gasteiger partial charge on any atom is -0.294 e. The summed E-state index contributed by atoms with van der Waals surface area (Å²) in [6, 6.07) is 9.63. The standard InChI is InChI=1S/C18H20N2O3S/c21-18(13-9-16-7-4-8-17(10-13)24(16,22)23)14-11-19-20(12-14)15-5-2-1-3-6-15/h1-3,5-6,11-13,16-17H,4,7-10H2. The van der Waals surface area contributed by atoms with Crippen LogP contribution in [0.3, 0.4) is 0 Å². The number of Topliss-reactive ketones (excluding diaryl/α,β-unsaturated/α-hetero) is 1. The molecule has 2 aromatic rings. The highest BCUT2D eigenvalue weighted by Gasteiger charge is 2.46. The molecule has 1 aromatic heterocycles. The van der Waals surface area contributed by atoms with Crippen LogP contribution in [-0.4, -0.2) is 34.5 Å². The number of fused-ring (bicyclic) bond motifs is 2. The minimum atomic E-state index is -3.02. The van der Waals surface area contributed by atoms with Crippen molar-refractivity contribution in [2.45, 2.75) is 42.6 Å². The molecule has 2 aliphatic rings. The van der Waals surface area contributed by atoms with Gasteiger partial charge in [0.05, 0.1) is 27.9 Å². The van der Waals surface area contributed by atoms with Gasteiger partial charge in [-0.05, 0) is 37.8 Å². The fourth-order valence-corrected chi connectivity index (χ4v) is 6.57. The number of benzene rings is 1. The van der Waals surface area contributed by atoms with E-state index < -0.39 is 9.84 Å². The molecule has 2 unspecified atom stereocenters. The smallest absolute Gasteiger partial charge is 0.169 e. The van der Waals surface area contributed by atoms with Crippen molar-refractivity contribution in [3.63, 3.8) is 0 Å². The van der Waals surface area contributed by atoms with E-state index in [0.29, 0.717) is 31.2 Å². The lowest BCUT2D eigenvalue weighted by Crippen LogP contribution is -2.45. The molecule has 126 valence electrons. The molecule has 0 radical (unpaired) electrons. The van der Waals surface area contributed by atoms with E-state index in [1.165, 1.54) is 0 Å². The molecule has 0 amide bonds. The van der Waals surface area contributed by atoms with Crippen molar-refractivity contribution < 1.29 is 13.2 Å². The summed E-state index contributed by atoms with van der Waals surface area (Å²) >= 11 is 0. The molecule has 6 heteroatoms. The van der Waals surface area contributed by atoms with Crippen molar-refractivity contribution in [2.24, 2.45) is 5.92 Å². The average molecular weight is 344 g/mol. The lowest BCUT2D eigenvalue weighted by atomic mass is 9.85. The molecular formula is C18H20N2O3S. The zero-order valence-electron chi connectivity index (χ0n) is 13.3. The minimum absolute atomic E-state index is 0.0315. The first-order chi connectivity index (χ1) is 11.6. The Balaban J connectivity index is 1.56. The number of hydrogen-bond donors (Lipinski definition) is 0. The molecule has 2 atom stereocenters. The van der Waals surface area contributed by atoms with Gasteiger partial charge in [0.1, 0.15) is 0 Å². The van der Waals surface area contributed by atoms with Crippen LogP contribution in [0.2, 0.25) is 0 Å². The second-order valence-corrected chi connectivity index (χ2v) is 9.32. The zero-order chi connectivity index (χ0) is 16.7. The Kier molecular flexibility index (Phi) is 3.79. The maximum absolute atomic E-state index is 12.8. The number of carbonyl (C=O) groups is 1. The van der Waals surface area contributed by atoms with Gasteiger partial charge in [0, 0.05) is 12.1 Å². The highest BCUT2D eigenvalue weighted by atomic mass is 32.2. The van der Waals surface area contributed by atoms with E-state index in [2.05, 4.69) is 5.10 Å². The molecule has 24 heavy (non-hydrogen) atoms. The van der Waals surface area contributed by atoms with Gasteiger partial charge in [-0.25, -0.2) is 13.1 Å². The Morgan fingerprint density at radius 1 is 1.08 bits per heavy atom. The van der Waals surface area contributed by atoms with Crippen molar-refractivity contribution in [1.29, 1.82) is 0 Å². The van der Waals surface area contributed by atoms with Crippen LogP contribution in [-0.2, 0) is 9.84 Å². The summed E-state index contributed by atoms with van der Waals surface area (Å²) in [5.41, 5.74) is 1.47. The third-order valence-corrected chi connectivity index (χ3v) is 8.05. The van der Waals surface area contributed by atoms with Crippen LogP contribution < -0.4 is 0 Å². The Morgan fingerprint density at radius 3 is 2.42 bits per heavy atom. The van der Waals surface area contributed by atoms with Crippen LogP contribution in [0.5, 0.6) is 0 Å². The summed E-state index contributed by atoms with van der Waals surface area (Å²) in [7, 11) is -3.02. The van der Waals surface area contributed by atoms with Crippen LogP contribution in [0.4, 0.5) is 0 Å². The summed E-state index contributed by atoms with van der Waals surface area (Å²) in [6.45, 7) is 0. The number of ketones is 1. The predicted molar refractivity (Wildman–Crippen MR) is 91.0 cm³/mol. The van der Waals surface area contributed by atoms with E-state index in [1.807, 2.05) is 30.3 Å². The van der Waals surface area contributed by atoms with Gasteiger partial charge in [-0.15, -0.1) is 0 Å². The predicted octanol–water partition coefficient (Wildman–Crippen LogP) is 2.80. The van der Waals surface area contributed by atoms with Gasteiger partial charge in [-0.2, -0.15) is 5.10 Å². The second kappa shape index (κ2) is 5.84. The second-order valence-electron chi connectivity index (χ2n) is 6.81. The Labute approximate surface area is 141 Å². The van der Waals surface area contributed by atoms with Crippen molar-refractivity contribution in [1.82, 2.24) is 9.78 Å². The van der Waals surface area contributed by atoms with Crippen molar-refractivity contribution in [3.05, 3.63) is 48.3 Å². The Morgan fingerprint density at radius 2 is 1.75 bits per heavy atom. The summed E-state index contributed by atoms with van der Waals surface area (Å²) in [4.78, 5) is 12.8. The normalized spacial score (nSPS) is 28.4. The molecule has 5 nitrogen and oxygen atoms in total. The fourth-order valence-electron chi connectivity index (χ4n) is 4.03. The molecule has 2 saturated heterocycles. The number of sulfone groups is 1. The van der Waals surface area contributed by atoms with Crippen LogP contribution in [0.25, 0.3) is 5.69 Å². The third kappa shape index (κ3) is 2.59. The molecule has 0 N–H and O–H groups in total. The van der Waals surface area contributed by atoms with Crippen LogP contribution in [0, 0.1) is 5.92 Å². The Bertz CT molecular complexity index is 837. The van der Waals surface area contributed by atoms with Crippen LogP contribution in [0.15, 0.2) is 42.7 Å². The topological polar surface area (TPSA) is 69.0 Å². The van der Waals surface area contributed by atoms with Crippen molar-refractivity contribution in [3.8, 4) is 5.69 Å². The largest absolute Gasteiger partial charge is 0.294 e. The number of para-hydroxylation sites is 1. The quantitative estimate of drug-likeness (QED) is 0.803. The van der Waals surface area contributed by atoms with E-state index in [-0.39, 0.29) is 22.2 Å². The molecule has 2 bridgehead atoms. The molecule has 0 saturated carbocycles. The van der Waals surface area contributed by atoms with Gasteiger partial charge < -0.3 is 0 Å². The maximum atomic E-state index is 12.8. The number of nitrogens with zero attached hydrogens (tertiary/aromatic N) is 2. The summed E-state index contributed by atoms with van der Waals surface area (Å²) in [5, 5.41) is 3.62. The van der Waals surface area contributed by atoms with E-state index >= 15 is 0 Å². The first-order valence-electron chi connectivity index (χ1n) is 8.43. The van der Waals surface area contributed by atoms with Crippen LogP contribution in [0.1, 0.15) is 42.5 Å². The van der Waals surface area contributed by atoms with Crippen molar-refractivity contribution in [2.75, 3.05) is 0 Å². The molecule has 2 aliphatic heterocycles. The highest BCUT2D eigenvalue weighted by Crippen LogP contribution is 2.40. The molecule has 3 heterocycles. The fraction of sp³-hybridized carbons (Fsp3) is 0.444. The summed E-state index contributed by atoms with van der Waals surface area (Å²) in [6.07, 6.45) is 6.63. The molecule has 0 spiro atoms. The lowest BCUT2D eigenvalue weighted by molar-refractivity contribution is 0.0894. The van der Waals surface area contributed by atoms with Gasteiger partial charge in [-0.1, -0.05) is 24.6 Å². The lowest BCUT2D eigenvalue weighted by Gasteiger charge is -2.37. The first kappa shape index (κ1) is 15.6. The number of aromatic nitrogens is 2. The Hall–Kier alpha value is -1.95. The van der Waals surface area contributed by atoms with Gasteiger partial charge in [0.25, 0.3) is 0 Å². The van der Waals surface area contributed by atoms with Gasteiger partial charge in [0.15, 0.2) is 15.6 Å². The molecule has 4 rings (SSSR count). The van der Waals surface area contributed by atoms with Crippen molar-refractivity contribution >= 4 is 15.6 Å². The van der Waals surface area contributed by atoms with Gasteiger partial charge in [0.2, 0.25) is 0 Å². The molecule has 1 aromatic carbocycles. The molecule has 2 fully saturated rings. The summed E-state index contributed by atoms with van der Waals surface area (Å²) < 4.78 is 26.4. The number of hydrogen-bond acceptors (Lipinski definition) is 4. The summed E-state index contributed by atoms with van der Waals surface area (Å²) in [5.74, 6) is -0.166. The zero-order valence-corrected chi connectivity index (χ0v) is 14.2.